The van der Waals surface area contributed by atoms with Gasteiger partial charge in [0.15, 0.2) is 0 Å². The van der Waals surface area contributed by atoms with Crippen molar-refractivity contribution in [2.45, 2.75) is 46.1 Å². The molecule has 1 unspecified atom stereocenters. The molecule has 0 aliphatic rings. The third-order valence-electron chi connectivity index (χ3n) is 2.70. The second kappa shape index (κ2) is 5.58. The van der Waals surface area contributed by atoms with Gasteiger partial charge in [-0.1, -0.05) is 19.8 Å². The van der Waals surface area contributed by atoms with E-state index in [0.29, 0.717) is 6.42 Å². The van der Waals surface area contributed by atoms with Gasteiger partial charge in [-0.15, -0.1) is 0 Å². The first-order chi connectivity index (χ1) is 7.56. The van der Waals surface area contributed by atoms with Crippen molar-refractivity contribution in [1.82, 2.24) is 4.68 Å². The minimum atomic E-state index is -0.791. The topological polar surface area (TPSA) is 54.3 Å². The zero-order chi connectivity index (χ0) is 12.1. The molecule has 0 saturated heterocycles. The van der Waals surface area contributed by atoms with Crippen LogP contribution in [-0.4, -0.2) is 21.8 Å². The maximum Gasteiger partial charge on any atom is 0.327 e. The van der Waals surface area contributed by atoms with E-state index in [1.165, 1.54) is 0 Å². The van der Waals surface area contributed by atoms with Crippen LogP contribution in [0.2, 0.25) is 0 Å². The highest BCUT2D eigenvalue weighted by Gasteiger charge is 2.17. The minimum absolute atomic E-state index is 0.509. The number of nitrogens with one attached hydrogen (secondary N) is 1. The molecular weight excluding hydrogens is 204 g/mol. The van der Waals surface area contributed by atoms with E-state index in [2.05, 4.69) is 12.3 Å². The Morgan fingerprint density at radius 1 is 1.44 bits per heavy atom. The molecule has 1 aromatic rings. The summed E-state index contributed by atoms with van der Waals surface area (Å²) in [6.07, 6.45) is 2.58. The van der Waals surface area contributed by atoms with Crippen LogP contribution in [0.25, 0.3) is 0 Å². The van der Waals surface area contributed by atoms with Crippen molar-refractivity contribution in [2.75, 3.05) is 5.43 Å². The number of aromatic nitrogens is 1. The van der Waals surface area contributed by atoms with Crippen molar-refractivity contribution in [2.24, 2.45) is 0 Å². The summed E-state index contributed by atoms with van der Waals surface area (Å²) in [5, 5.41) is 9.10. The van der Waals surface area contributed by atoms with E-state index in [1.54, 1.807) is 0 Å². The van der Waals surface area contributed by atoms with Crippen LogP contribution < -0.4 is 5.43 Å². The molecule has 4 heteroatoms. The molecule has 2 N–H and O–H groups in total. The fourth-order valence-corrected chi connectivity index (χ4v) is 1.68. The van der Waals surface area contributed by atoms with Crippen molar-refractivity contribution >= 4 is 5.97 Å². The lowest BCUT2D eigenvalue weighted by Crippen LogP contribution is -2.36. The first kappa shape index (κ1) is 12.6. The van der Waals surface area contributed by atoms with E-state index in [4.69, 9.17) is 5.11 Å². The summed E-state index contributed by atoms with van der Waals surface area (Å²) in [6, 6.07) is 3.44. The Kier molecular flexibility index (Phi) is 4.40. The van der Waals surface area contributed by atoms with Crippen molar-refractivity contribution in [3.8, 4) is 0 Å². The highest BCUT2D eigenvalue weighted by molar-refractivity contribution is 5.74. The molecule has 1 heterocycles. The molecule has 1 aromatic heterocycles. The zero-order valence-electron chi connectivity index (χ0n) is 10.2. The van der Waals surface area contributed by atoms with Crippen LogP contribution in [0.3, 0.4) is 0 Å². The summed E-state index contributed by atoms with van der Waals surface area (Å²) in [7, 11) is 0. The molecule has 0 aliphatic heterocycles. The molecule has 0 aliphatic carbocycles. The lowest BCUT2D eigenvalue weighted by molar-refractivity contribution is -0.138. The van der Waals surface area contributed by atoms with Gasteiger partial charge in [-0.25, -0.2) is 4.79 Å². The lowest BCUT2D eigenvalue weighted by atomic mass is 10.1. The van der Waals surface area contributed by atoms with E-state index in [9.17, 15) is 4.79 Å². The first-order valence-electron chi connectivity index (χ1n) is 5.70. The van der Waals surface area contributed by atoms with E-state index >= 15 is 0 Å². The van der Waals surface area contributed by atoms with Gasteiger partial charge >= 0.3 is 5.97 Å². The van der Waals surface area contributed by atoms with Gasteiger partial charge in [-0.2, -0.15) is 0 Å². The Hall–Kier alpha value is -1.45. The third-order valence-corrected chi connectivity index (χ3v) is 2.70. The summed E-state index contributed by atoms with van der Waals surface area (Å²) in [4.78, 5) is 11.1. The average molecular weight is 224 g/mol. The van der Waals surface area contributed by atoms with Crippen LogP contribution in [0.4, 0.5) is 0 Å². The number of unbranched alkanes of at least 4 members (excludes halogenated alkanes) is 1. The normalized spacial score (nSPS) is 12.4. The second-order valence-corrected chi connectivity index (χ2v) is 4.11. The molecule has 4 nitrogen and oxygen atoms in total. The number of aliphatic carboxylic acids is 1. The Bertz CT molecular complexity index is 338. The molecule has 0 fully saturated rings. The maximum atomic E-state index is 11.1. The fourth-order valence-electron chi connectivity index (χ4n) is 1.68. The first-order valence-corrected chi connectivity index (χ1v) is 5.70. The van der Waals surface area contributed by atoms with Crippen molar-refractivity contribution in [3.05, 3.63) is 23.5 Å². The molecule has 0 aromatic carbocycles. The minimum Gasteiger partial charge on any atom is -0.480 e. The maximum absolute atomic E-state index is 11.1. The largest absolute Gasteiger partial charge is 0.480 e. The predicted octanol–water partition coefficient (Wildman–Crippen LogP) is 2.29. The van der Waals surface area contributed by atoms with Crippen LogP contribution in [0, 0.1) is 13.8 Å². The van der Waals surface area contributed by atoms with Gasteiger partial charge in [0.05, 0.1) is 0 Å². The van der Waals surface area contributed by atoms with Crippen LogP contribution >= 0.6 is 0 Å². The highest BCUT2D eigenvalue weighted by Crippen LogP contribution is 2.08. The summed E-state index contributed by atoms with van der Waals surface area (Å²) in [5.74, 6) is -0.791. The summed E-state index contributed by atoms with van der Waals surface area (Å²) in [5.41, 5.74) is 5.10. The molecule has 90 valence electrons. The van der Waals surface area contributed by atoms with Gasteiger partial charge in [0.2, 0.25) is 0 Å². The van der Waals surface area contributed by atoms with Gasteiger partial charge < -0.3 is 10.5 Å². The smallest absolute Gasteiger partial charge is 0.327 e. The number of hydrogen-bond acceptors (Lipinski definition) is 2. The van der Waals surface area contributed by atoms with E-state index in [0.717, 1.165) is 24.2 Å². The molecule has 16 heavy (non-hydrogen) atoms. The zero-order valence-corrected chi connectivity index (χ0v) is 10.2. The van der Waals surface area contributed by atoms with E-state index < -0.39 is 12.0 Å². The Morgan fingerprint density at radius 2 is 2.00 bits per heavy atom. The van der Waals surface area contributed by atoms with Crippen molar-refractivity contribution < 1.29 is 9.90 Å². The van der Waals surface area contributed by atoms with Crippen LogP contribution in [0.15, 0.2) is 12.1 Å². The SMILES string of the molecule is CCCCC(Nn1c(C)ccc1C)C(=O)O. The number of aryl methyl sites for hydroxylation is 2. The summed E-state index contributed by atoms with van der Waals surface area (Å²) in [6.45, 7) is 5.97. The molecule has 0 radical (unpaired) electrons. The molecule has 0 amide bonds. The number of carboxylic acid groups (broad SMARTS) is 1. The molecule has 0 saturated carbocycles. The fraction of sp³-hybridized carbons (Fsp3) is 0.583. The molecule has 0 spiro atoms. The second-order valence-electron chi connectivity index (χ2n) is 4.11. The van der Waals surface area contributed by atoms with Gasteiger partial charge in [-0.3, -0.25) is 4.68 Å². The highest BCUT2D eigenvalue weighted by atomic mass is 16.4. The molecule has 1 rings (SSSR count). The van der Waals surface area contributed by atoms with Crippen LogP contribution in [-0.2, 0) is 4.79 Å². The number of hydrogen-bond donors (Lipinski definition) is 2. The third kappa shape index (κ3) is 3.02. The molecular formula is C12H20N2O2. The van der Waals surface area contributed by atoms with Gasteiger partial charge in [0, 0.05) is 11.4 Å². The molecule has 0 bridgehead atoms. The van der Waals surface area contributed by atoms with Gasteiger partial charge in [-0.05, 0) is 32.4 Å². The van der Waals surface area contributed by atoms with Gasteiger partial charge in [0.1, 0.15) is 6.04 Å². The standard InChI is InChI=1S/C12H20N2O2/c1-4-5-6-11(12(15)16)13-14-9(2)7-8-10(14)3/h7-8,11,13H,4-6H2,1-3H3,(H,15,16). The number of rotatable bonds is 6. The van der Waals surface area contributed by atoms with E-state index in [-0.39, 0.29) is 0 Å². The summed E-state index contributed by atoms with van der Waals surface area (Å²) >= 11 is 0. The Labute approximate surface area is 96.2 Å². The molecule has 1 atom stereocenters. The lowest BCUT2D eigenvalue weighted by Gasteiger charge is -2.19. The quantitative estimate of drug-likeness (QED) is 0.779. The average Bonchev–Trinajstić information content (AvgIpc) is 2.54. The van der Waals surface area contributed by atoms with Crippen LogP contribution in [0.5, 0.6) is 0 Å². The Morgan fingerprint density at radius 3 is 2.44 bits per heavy atom. The van der Waals surface area contributed by atoms with Crippen molar-refractivity contribution in [3.63, 3.8) is 0 Å². The van der Waals surface area contributed by atoms with Gasteiger partial charge in [0.25, 0.3) is 0 Å². The number of carbonyl (C=O) groups is 1. The summed E-state index contributed by atoms with van der Waals surface area (Å²) < 4.78 is 1.84. The predicted molar refractivity (Wildman–Crippen MR) is 64.2 cm³/mol. The van der Waals surface area contributed by atoms with Crippen LogP contribution in [0.1, 0.15) is 37.6 Å². The number of nitrogens with zero attached hydrogens (tertiary/aromatic N) is 1. The monoisotopic (exact) mass is 224 g/mol. The van der Waals surface area contributed by atoms with Crippen molar-refractivity contribution in [1.29, 1.82) is 0 Å². The van der Waals surface area contributed by atoms with E-state index in [1.807, 2.05) is 30.7 Å². The Balaban J connectivity index is 2.71. The number of carboxylic acids is 1.